The van der Waals surface area contributed by atoms with Gasteiger partial charge in [0.25, 0.3) is 0 Å². The lowest BCUT2D eigenvalue weighted by atomic mass is 9.83. The molecule has 0 N–H and O–H groups in total. The molecule has 1 aromatic heterocycles. The molecule has 8 aromatic carbocycles. The number of fused-ring (bicyclic) bond motifs is 6. The van der Waals surface area contributed by atoms with Crippen LogP contribution in [0.5, 0.6) is 0 Å². The van der Waals surface area contributed by atoms with Crippen molar-refractivity contribution in [3.63, 3.8) is 0 Å². The minimum Gasteiger partial charge on any atom is -0.455 e. The molecule has 0 aliphatic heterocycles. The number of benzene rings is 8. The van der Waals surface area contributed by atoms with Crippen molar-refractivity contribution >= 4 is 54.3 Å². The normalized spacial score (nSPS) is 17.6. The molecule has 0 atom stereocenters. The molecule has 0 saturated heterocycles. The molecule has 0 aliphatic carbocycles. The van der Waals surface area contributed by atoms with Gasteiger partial charge in [0.1, 0.15) is 11.2 Å². The molecule has 0 aliphatic rings. The third-order valence-electron chi connectivity index (χ3n) is 7.56. The van der Waals surface area contributed by atoms with Crippen LogP contribution in [0.4, 0.5) is 0 Å². The van der Waals surface area contributed by atoms with E-state index >= 15 is 0 Å². The van der Waals surface area contributed by atoms with Crippen LogP contribution in [0.25, 0.3) is 87.6 Å². The Bertz CT molecular complexity index is 3430. The Morgan fingerprint density at radius 1 is 0.419 bits per heavy atom. The molecule has 43 heavy (non-hydrogen) atoms. The van der Waals surface area contributed by atoms with E-state index in [1.165, 1.54) is 0 Å². The number of rotatable bonds is 3. The highest BCUT2D eigenvalue weighted by molar-refractivity contribution is 6.24. The van der Waals surface area contributed by atoms with E-state index in [1.54, 1.807) is 48.5 Å². The maximum atomic E-state index is 9.73. The largest absolute Gasteiger partial charge is 0.455 e. The van der Waals surface area contributed by atoms with Gasteiger partial charge in [-0.15, -0.1) is 0 Å². The molecule has 9 aromatic rings. The lowest BCUT2D eigenvalue weighted by Crippen LogP contribution is -1.93. The molecule has 0 amide bonds. The Labute approximate surface area is 274 Å². The Balaban J connectivity index is 1.56. The highest BCUT2D eigenvalue weighted by Gasteiger charge is 2.22. The van der Waals surface area contributed by atoms with Gasteiger partial charge in [0.2, 0.25) is 0 Å². The number of hydrogen-bond donors (Lipinski definition) is 0. The van der Waals surface area contributed by atoms with E-state index in [0.717, 1.165) is 0 Å². The van der Waals surface area contributed by atoms with Crippen LogP contribution >= 0.6 is 0 Å². The van der Waals surface area contributed by atoms with Crippen LogP contribution in [-0.4, -0.2) is 0 Å². The lowest BCUT2D eigenvalue weighted by Gasteiger charge is -2.20. The fourth-order valence-electron chi connectivity index (χ4n) is 5.79. The third kappa shape index (κ3) is 3.65. The second-order valence-electron chi connectivity index (χ2n) is 9.85. The third-order valence-corrected chi connectivity index (χ3v) is 7.56. The molecule has 0 saturated carbocycles. The number of para-hydroxylation sites is 1. The van der Waals surface area contributed by atoms with Crippen LogP contribution in [-0.2, 0) is 0 Å². The van der Waals surface area contributed by atoms with E-state index in [9.17, 15) is 5.48 Å². The van der Waals surface area contributed by atoms with E-state index < -0.39 is 114 Å². The first-order chi connectivity index (χ1) is 28.8. The molecule has 0 fully saturated rings. The average Bonchev–Trinajstić information content (AvgIpc) is 3.66. The molecule has 200 valence electrons. The van der Waals surface area contributed by atoms with Crippen molar-refractivity contribution in [2.75, 3.05) is 0 Å². The quantitative estimate of drug-likeness (QED) is 0.195. The zero-order chi connectivity index (χ0) is 44.0. The highest BCUT2D eigenvalue weighted by Crippen LogP contribution is 2.49. The van der Waals surface area contributed by atoms with Crippen molar-refractivity contribution in [3.05, 3.63) is 157 Å². The summed E-state index contributed by atoms with van der Waals surface area (Å²) in [5.41, 5.74) is -1.29. The second kappa shape index (κ2) is 9.44. The molecule has 0 spiro atoms. The summed E-state index contributed by atoms with van der Waals surface area (Å²) in [6.07, 6.45) is 0. The van der Waals surface area contributed by atoms with E-state index in [0.29, 0.717) is 21.5 Å². The van der Waals surface area contributed by atoms with Crippen molar-refractivity contribution in [1.82, 2.24) is 0 Å². The van der Waals surface area contributed by atoms with E-state index in [1.807, 2.05) is 0 Å². The SMILES string of the molecule is [2H]c1c([2H])c([2H])c(-c2c(-c3c4ccccc4c(-c4c([2H])c([2H])c5c([2H])c([2H])c([2H])c([2H])c5c4[2H])c4ccccc34)c([2H])c([2H])c3c2oc2c([2H])c([2H])c([2H])c([2H])c23)c([2H])c1[2H]. The predicted molar refractivity (Wildman–Crippen MR) is 183 cm³/mol. The summed E-state index contributed by atoms with van der Waals surface area (Å²) in [5, 5.41) is 0.205. The molecular formula is C42H26O. The van der Waals surface area contributed by atoms with Crippen LogP contribution in [0.1, 0.15) is 24.7 Å². The summed E-state index contributed by atoms with van der Waals surface area (Å²) < 4.78 is 165. The van der Waals surface area contributed by atoms with E-state index in [4.69, 9.17) is 23.6 Å². The summed E-state index contributed by atoms with van der Waals surface area (Å²) in [7, 11) is 0. The molecule has 0 bridgehead atoms. The van der Waals surface area contributed by atoms with Gasteiger partial charge in [-0.3, -0.25) is 0 Å². The molecular weight excluding hydrogens is 520 g/mol. The maximum Gasteiger partial charge on any atom is 0.143 e. The first kappa shape index (κ1) is 12.3. The highest BCUT2D eigenvalue weighted by atomic mass is 16.3. The smallest absolute Gasteiger partial charge is 0.143 e. The Hall–Kier alpha value is -5.66. The van der Waals surface area contributed by atoms with Crippen LogP contribution in [0.2, 0.25) is 0 Å². The molecule has 0 unspecified atom stereocenters. The zero-order valence-electron chi connectivity index (χ0n) is 40.0. The summed E-state index contributed by atoms with van der Waals surface area (Å²) >= 11 is 0. The van der Waals surface area contributed by atoms with Gasteiger partial charge < -0.3 is 4.42 Å². The molecule has 9 rings (SSSR count). The van der Waals surface area contributed by atoms with Crippen molar-refractivity contribution < 1.29 is 29.1 Å². The topological polar surface area (TPSA) is 13.1 Å². The summed E-state index contributed by atoms with van der Waals surface area (Å²) in [6.45, 7) is 0. The first-order valence-corrected chi connectivity index (χ1v) is 13.3. The van der Waals surface area contributed by atoms with Gasteiger partial charge in [0, 0.05) is 16.3 Å². The Morgan fingerprint density at radius 3 is 1.79 bits per heavy atom. The monoisotopic (exact) mass is 564 g/mol. The summed E-state index contributed by atoms with van der Waals surface area (Å²) in [6, 6.07) is 2.23. The van der Waals surface area contributed by atoms with Crippen molar-refractivity contribution in [3.8, 4) is 33.4 Å². The van der Waals surface area contributed by atoms with Gasteiger partial charge in [-0.25, -0.2) is 0 Å². The molecule has 1 heteroatoms. The standard InChI is InChI=1S/C42H26O/c1-2-13-28(14-3-1)40-37(25-24-36-31-16-10-11-21-38(31)43-42(36)40)41-34-19-8-6-17-32(34)39(33-18-7-9-20-35(33)41)30-23-22-27-12-4-5-15-29(27)26-30/h1-26H/i1D,2D,3D,4D,5D,10D,11D,12D,13D,14D,15D,16D,21D,22D,23D,24D,25D,26D. The minimum atomic E-state index is -0.728. The summed E-state index contributed by atoms with van der Waals surface area (Å²) in [4.78, 5) is 0. The number of furan rings is 1. The number of hydrogen-bond acceptors (Lipinski definition) is 1. The van der Waals surface area contributed by atoms with Gasteiger partial charge >= 0.3 is 0 Å². The van der Waals surface area contributed by atoms with Crippen molar-refractivity contribution in [2.45, 2.75) is 0 Å². The fraction of sp³-hybridized carbons (Fsp3) is 0. The zero-order valence-corrected chi connectivity index (χ0v) is 22.0. The van der Waals surface area contributed by atoms with Gasteiger partial charge in [-0.05, 0) is 78.3 Å². The molecule has 1 nitrogen and oxygen atoms in total. The van der Waals surface area contributed by atoms with Gasteiger partial charge in [0.15, 0.2) is 0 Å². The fourth-order valence-corrected chi connectivity index (χ4v) is 5.79. The van der Waals surface area contributed by atoms with Crippen molar-refractivity contribution in [1.29, 1.82) is 0 Å². The molecule has 0 radical (unpaired) electrons. The Kier molecular flexibility index (Phi) is 2.70. The van der Waals surface area contributed by atoms with Gasteiger partial charge in [-0.2, -0.15) is 0 Å². The van der Waals surface area contributed by atoms with Crippen LogP contribution in [0, 0.1) is 0 Å². The van der Waals surface area contributed by atoms with Crippen LogP contribution in [0.3, 0.4) is 0 Å². The average molecular weight is 565 g/mol. The molecule has 1 heterocycles. The van der Waals surface area contributed by atoms with Gasteiger partial charge in [-0.1, -0.05) is 139 Å². The van der Waals surface area contributed by atoms with E-state index in [-0.39, 0.29) is 60.5 Å². The first-order valence-electron chi connectivity index (χ1n) is 22.3. The summed E-state index contributed by atoms with van der Waals surface area (Å²) in [5.74, 6) is 0. The maximum absolute atomic E-state index is 9.73. The van der Waals surface area contributed by atoms with Crippen LogP contribution < -0.4 is 0 Å². The van der Waals surface area contributed by atoms with Crippen LogP contribution in [0.15, 0.2) is 162 Å². The minimum absolute atomic E-state index is 0.129. The van der Waals surface area contributed by atoms with E-state index in [2.05, 4.69) is 0 Å². The van der Waals surface area contributed by atoms with Crippen molar-refractivity contribution in [2.24, 2.45) is 0 Å². The lowest BCUT2D eigenvalue weighted by molar-refractivity contribution is 0.670. The predicted octanol–water partition coefficient (Wildman–Crippen LogP) is 12.0. The Morgan fingerprint density at radius 2 is 1.05 bits per heavy atom. The second-order valence-corrected chi connectivity index (χ2v) is 9.85. The van der Waals surface area contributed by atoms with Gasteiger partial charge in [0.05, 0.1) is 24.7 Å².